The van der Waals surface area contributed by atoms with Crippen LogP contribution in [0, 0.1) is 29.6 Å². The largest absolute Gasteiger partial charge is 0.396 e. The second kappa shape index (κ2) is 13.7. The summed E-state index contributed by atoms with van der Waals surface area (Å²) in [7, 11) is 5.31. The zero-order valence-corrected chi connectivity index (χ0v) is 19.5. The van der Waals surface area contributed by atoms with Crippen LogP contribution in [0.1, 0.15) is 61.3 Å². The van der Waals surface area contributed by atoms with Crippen LogP contribution in [0.2, 0.25) is 0 Å². The van der Waals surface area contributed by atoms with E-state index in [1.54, 1.807) is 14.2 Å². The molecule has 0 saturated heterocycles. The summed E-state index contributed by atoms with van der Waals surface area (Å²) < 4.78 is 17.3. The Morgan fingerprint density at radius 1 is 0.815 bits per heavy atom. The molecule has 0 aromatic rings. The van der Waals surface area contributed by atoms with Gasteiger partial charge >= 0.3 is 0 Å². The maximum Gasteiger partial charge on any atom is 0.0669 e. The van der Waals surface area contributed by atoms with Crippen molar-refractivity contribution in [2.45, 2.75) is 79.6 Å². The summed E-state index contributed by atoms with van der Waals surface area (Å²) in [5, 5.41) is 9.52. The molecule has 162 valence electrons. The normalized spacial score (nSPS) is 21.8. The Kier molecular flexibility index (Phi) is 13.5. The van der Waals surface area contributed by atoms with Gasteiger partial charge in [0.15, 0.2) is 0 Å². The van der Waals surface area contributed by atoms with E-state index < -0.39 is 0 Å². The molecule has 0 fully saturated rings. The molecule has 0 rings (SSSR count). The average molecular weight is 387 g/mol. The first-order chi connectivity index (χ1) is 12.7. The van der Waals surface area contributed by atoms with E-state index >= 15 is 0 Å². The monoisotopic (exact) mass is 386 g/mol. The van der Waals surface area contributed by atoms with E-state index in [0.717, 1.165) is 12.8 Å². The molecule has 0 spiro atoms. The summed E-state index contributed by atoms with van der Waals surface area (Å²) in [6.45, 7) is 15.5. The quantitative estimate of drug-likeness (QED) is 0.429. The Labute approximate surface area is 168 Å². The van der Waals surface area contributed by atoms with Gasteiger partial charge in [-0.05, 0) is 25.2 Å². The lowest BCUT2D eigenvalue weighted by Gasteiger charge is -2.35. The Balaban J connectivity index is 5.11. The van der Waals surface area contributed by atoms with Gasteiger partial charge in [-0.2, -0.15) is 0 Å². The highest BCUT2D eigenvalue weighted by Gasteiger charge is 2.33. The summed E-state index contributed by atoms with van der Waals surface area (Å²) in [5.41, 5.74) is 1.37. The van der Waals surface area contributed by atoms with Gasteiger partial charge in [0.25, 0.3) is 0 Å². The summed E-state index contributed by atoms with van der Waals surface area (Å²) >= 11 is 0. The van der Waals surface area contributed by atoms with Gasteiger partial charge < -0.3 is 19.3 Å². The van der Waals surface area contributed by atoms with Gasteiger partial charge in [-0.1, -0.05) is 59.6 Å². The average Bonchev–Trinajstić information content (AvgIpc) is 2.62. The Morgan fingerprint density at radius 2 is 1.30 bits per heavy atom. The van der Waals surface area contributed by atoms with Gasteiger partial charge in [-0.25, -0.2) is 0 Å². The lowest BCUT2D eigenvalue weighted by atomic mass is 9.81. The molecule has 4 heteroatoms. The van der Waals surface area contributed by atoms with Crippen LogP contribution in [-0.2, 0) is 14.2 Å². The molecule has 8 atom stereocenters. The standard InChI is InChI=1S/C23H46O4/c1-11-16(3)21(25-8)17(4)12-15(2)13-18(5)22(26-9)20(7)23(27-10)19(6)14-24/h12,16-24H,11,13-14H2,1-10H3/b15-12-. The molecule has 0 aliphatic carbocycles. The second-order valence-electron chi connectivity index (χ2n) is 8.56. The van der Waals surface area contributed by atoms with Gasteiger partial charge in [0, 0.05) is 45.7 Å². The maximum absolute atomic E-state index is 9.52. The first-order valence-electron chi connectivity index (χ1n) is 10.5. The molecule has 0 aromatic carbocycles. The maximum atomic E-state index is 9.52. The van der Waals surface area contributed by atoms with Crippen molar-refractivity contribution in [1.82, 2.24) is 0 Å². The highest BCUT2D eigenvalue weighted by molar-refractivity contribution is 5.04. The number of ether oxygens (including phenoxy) is 3. The highest BCUT2D eigenvalue weighted by atomic mass is 16.5. The van der Waals surface area contributed by atoms with Crippen LogP contribution in [0.3, 0.4) is 0 Å². The van der Waals surface area contributed by atoms with Crippen molar-refractivity contribution < 1.29 is 19.3 Å². The number of hydrogen-bond acceptors (Lipinski definition) is 4. The fraction of sp³-hybridized carbons (Fsp3) is 0.913. The molecular formula is C23H46O4. The molecule has 0 amide bonds. The lowest BCUT2D eigenvalue weighted by molar-refractivity contribution is -0.0744. The van der Waals surface area contributed by atoms with E-state index in [2.05, 4.69) is 47.6 Å². The van der Waals surface area contributed by atoms with Gasteiger partial charge in [0.1, 0.15) is 0 Å². The fourth-order valence-corrected chi connectivity index (χ4v) is 4.65. The minimum Gasteiger partial charge on any atom is -0.396 e. The first kappa shape index (κ1) is 26.6. The summed E-state index contributed by atoms with van der Waals surface area (Å²) in [6, 6.07) is 0. The van der Waals surface area contributed by atoms with Crippen molar-refractivity contribution in [2.75, 3.05) is 27.9 Å². The van der Waals surface area contributed by atoms with Crippen LogP contribution in [0.4, 0.5) is 0 Å². The van der Waals surface area contributed by atoms with E-state index in [-0.39, 0.29) is 36.8 Å². The molecule has 0 aromatic heterocycles. The molecule has 27 heavy (non-hydrogen) atoms. The number of methoxy groups -OCH3 is 3. The zero-order valence-electron chi connectivity index (χ0n) is 19.5. The van der Waals surface area contributed by atoms with Crippen LogP contribution in [0.5, 0.6) is 0 Å². The Morgan fingerprint density at radius 3 is 1.70 bits per heavy atom. The van der Waals surface area contributed by atoms with Crippen LogP contribution in [0.25, 0.3) is 0 Å². The SMILES string of the molecule is CCC(C)C(OC)C(C)/C=C(/C)CC(C)C(OC)C(C)C(OC)C(C)CO. The molecule has 0 radical (unpaired) electrons. The lowest BCUT2D eigenvalue weighted by Crippen LogP contribution is -2.41. The Bertz CT molecular complexity index is 409. The third-order valence-corrected chi connectivity index (χ3v) is 6.18. The van der Waals surface area contributed by atoms with E-state index in [1.165, 1.54) is 5.57 Å². The van der Waals surface area contributed by atoms with E-state index in [0.29, 0.717) is 17.8 Å². The van der Waals surface area contributed by atoms with Crippen LogP contribution in [0.15, 0.2) is 11.6 Å². The van der Waals surface area contributed by atoms with Gasteiger partial charge in [-0.15, -0.1) is 0 Å². The summed E-state index contributed by atoms with van der Waals surface area (Å²) in [6.07, 6.45) is 4.77. The van der Waals surface area contributed by atoms with Crippen LogP contribution in [-0.4, -0.2) is 51.4 Å². The molecule has 0 bridgehead atoms. The number of hydrogen-bond donors (Lipinski definition) is 1. The van der Waals surface area contributed by atoms with E-state index in [4.69, 9.17) is 14.2 Å². The summed E-state index contributed by atoms with van der Waals surface area (Å²) in [4.78, 5) is 0. The highest BCUT2D eigenvalue weighted by Crippen LogP contribution is 2.30. The molecule has 0 aliphatic rings. The molecule has 0 aliphatic heterocycles. The third-order valence-electron chi connectivity index (χ3n) is 6.18. The second-order valence-corrected chi connectivity index (χ2v) is 8.56. The van der Waals surface area contributed by atoms with Crippen molar-refractivity contribution in [3.63, 3.8) is 0 Å². The molecule has 4 nitrogen and oxygen atoms in total. The zero-order chi connectivity index (χ0) is 21.1. The van der Waals surface area contributed by atoms with Crippen molar-refractivity contribution >= 4 is 0 Å². The van der Waals surface area contributed by atoms with Crippen molar-refractivity contribution in [2.24, 2.45) is 29.6 Å². The van der Waals surface area contributed by atoms with Gasteiger partial charge in [-0.3, -0.25) is 0 Å². The Hall–Kier alpha value is -0.420. The summed E-state index contributed by atoms with van der Waals surface area (Å²) in [5.74, 6) is 1.58. The smallest absolute Gasteiger partial charge is 0.0669 e. The molecule has 0 saturated carbocycles. The number of allylic oxidation sites excluding steroid dienone is 1. The molecule has 1 N–H and O–H groups in total. The number of aliphatic hydroxyl groups is 1. The predicted molar refractivity (Wildman–Crippen MR) is 114 cm³/mol. The minimum atomic E-state index is -0.0196. The first-order valence-corrected chi connectivity index (χ1v) is 10.5. The molecule has 0 heterocycles. The van der Waals surface area contributed by atoms with Crippen molar-refractivity contribution in [3.05, 3.63) is 11.6 Å². The number of rotatable bonds is 14. The topological polar surface area (TPSA) is 47.9 Å². The molecular weight excluding hydrogens is 340 g/mol. The van der Waals surface area contributed by atoms with E-state index in [9.17, 15) is 5.11 Å². The van der Waals surface area contributed by atoms with E-state index in [1.807, 2.05) is 14.0 Å². The molecule has 8 unspecified atom stereocenters. The van der Waals surface area contributed by atoms with Gasteiger partial charge in [0.05, 0.1) is 18.3 Å². The van der Waals surface area contributed by atoms with Crippen LogP contribution < -0.4 is 0 Å². The predicted octanol–water partition coefficient (Wildman–Crippen LogP) is 4.95. The number of aliphatic hydroxyl groups excluding tert-OH is 1. The van der Waals surface area contributed by atoms with Crippen molar-refractivity contribution in [1.29, 1.82) is 0 Å². The van der Waals surface area contributed by atoms with Crippen LogP contribution >= 0.6 is 0 Å². The fourth-order valence-electron chi connectivity index (χ4n) is 4.65. The minimum absolute atomic E-state index is 0.0196. The third kappa shape index (κ3) is 8.23. The van der Waals surface area contributed by atoms with Gasteiger partial charge in [0.2, 0.25) is 0 Å². The van der Waals surface area contributed by atoms with Crippen molar-refractivity contribution in [3.8, 4) is 0 Å².